The first-order valence-electron chi connectivity index (χ1n) is 14.7. The van der Waals surface area contributed by atoms with Crippen LogP contribution in [0.3, 0.4) is 0 Å². The van der Waals surface area contributed by atoms with Gasteiger partial charge in [0.1, 0.15) is 23.1 Å². The van der Waals surface area contributed by atoms with Crippen molar-refractivity contribution >= 4 is 29.0 Å². The van der Waals surface area contributed by atoms with E-state index < -0.39 is 57.9 Å². The first-order valence-corrected chi connectivity index (χ1v) is 14.7. The lowest BCUT2D eigenvalue weighted by Crippen LogP contribution is -2.64. The summed E-state index contributed by atoms with van der Waals surface area (Å²) in [7, 11) is 0. The van der Waals surface area contributed by atoms with Crippen LogP contribution in [0.5, 0.6) is 5.75 Å². The van der Waals surface area contributed by atoms with E-state index in [0.29, 0.717) is 16.9 Å². The number of aromatic nitrogens is 4. The fourth-order valence-corrected chi connectivity index (χ4v) is 6.46. The first-order chi connectivity index (χ1) is 21.2. The van der Waals surface area contributed by atoms with Crippen LogP contribution in [0.15, 0.2) is 47.9 Å². The van der Waals surface area contributed by atoms with Crippen molar-refractivity contribution in [3.8, 4) is 22.7 Å². The molecule has 4 heterocycles. The minimum atomic E-state index is -1.06. The molecular weight excluding hydrogens is 582 g/mol. The van der Waals surface area contributed by atoms with Crippen molar-refractivity contribution in [2.45, 2.75) is 59.5 Å². The van der Waals surface area contributed by atoms with Gasteiger partial charge in [0.2, 0.25) is 0 Å². The van der Waals surface area contributed by atoms with Gasteiger partial charge in [0.05, 0.1) is 28.4 Å². The zero-order valence-electron chi connectivity index (χ0n) is 26.0. The van der Waals surface area contributed by atoms with E-state index in [-0.39, 0.29) is 35.9 Å². The lowest BCUT2D eigenvalue weighted by molar-refractivity contribution is 0.0562. The van der Waals surface area contributed by atoms with Crippen molar-refractivity contribution < 1.29 is 23.8 Å². The van der Waals surface area contributed by atoms with Crippen LogP contribution in [0.1, 0.15) is 58.7 Å². The third-order valence-electron chi connectivity index (χ3n) is 8.28. The highest BCUT2D eigenvalue weighted by atomic mass is 19.1. The number of halogens is 2. The summed E-state index contributed by atoms with van der Waals surface area (Å²) in [5.41, 5.74) is -0.815. The maximum absolute atomic E-state index is 16.0. The van der Waals surface area contributed by atoms with Crippen molar-refractivity contribution in [1.82, 2.24) is 24.4 Å². The highest BCUT2D eigenvalue weighted by molar-refractivity contribution is 5.91. The number of piperazine rings is 1. The van der Waals surface area contributed by atoms with E-state index in [1.807, 2.05) is 41.5 Å². The molecule has 0 aliphatic carbocycles. The summed E-state index contributed by atoms with van der Waals surface area (Å²) in [6.07, 6.45) is 2.09. The van der Waals surface area contributed by atoms with Crippen molar-refractivity contribution in [3.05, 3.63) is 76.5 Å². The summed E-state index contributed by atoms with van der Waals surface area (Å²) >= 11 is 0. The zero-order chi connectivity index (χ0) is 33.0. The molecule has 4 aromatic rings. The summed E-state index contributed by atoms with van der Waals surface area (Å²) in [4.78, 5) is 43.1. The molecule has 0 bridgehead atoms. The Morgan fingerprint density at radius 2 is 1.84 bits per heavy atom. The number of nitrogens with zero attached hydrogens (tertiary/aromatic N) is 6. The maximum Gasteiger partial charge on any atom is 0.407 e. The molecule has 1 aromatic carbocycles. The second kappa shape index (κ2) is 11.6. The van der Waals surface area contributed by atoms with Gasteiger partial charge in [-0.15, -0.1) is 0 Å². The van der Waals surface area contributed by atoms with Gasteiger partial charge < -0.3 is 20.0 Å². The summed E-state index contributed by atoms with van der Waals surface area (Å²) in [5.74, 6) is -2.41. The number of hydrogen-bond donors (Lipinski definition) is 2. The lowest BCUT2D eigenvalue weighted by Gasteiger charge is -2.51. The van der Waals surface area contributed by atoms with Crippen LogP contribution in [0, 0.1) is 17.0 Å². The highest BCUT2D eigenvalue weighted by Gasteiger charge is 2.44. The van der Waals surface area contributed by atoms with Crippen LogP contribution < -0.4 is 10.6 Å². The number of hydrogen-bond acceptors (Lipinski definition) is 7. The number of carboxylic acid groups (broad SMARTS) is 1. The molecule has 1 fully saturated rings. The Balaban J connectivity index is 1.89. The Morgan fingerprint density at radius 3 is 2.44 bits per heavy atom. The molecule has 1 saturated heterocycles. The molecule has 3 aromatic heterocycles. The minimum Gasteiger partial charge on any atom is -0.507 e. The third-order valence-corrected chi connectivity index (χ3v) is 8.28. The lowest BCUT2D eigenvalue weighted by atomic mass is 9.80. The van der Waals surface area contributed by atoms with Gasteiger partial charge >= 0.3 is 11.8 Å². The van der Waals surface area contributed by atoms with Crippen LogP contribution >= 0.6 is 0 Å². The summed E-state index contributed by atoms with van der Waals surface area (Å²) in [5, 5.41) is 20.7. The topological polar surface area (TPSA) is 125 Å². The van der Waals surface area contributed by atoms with Gasteiger partial charge in [-0.25, -0.2) is 27.9 Å². The predicted octanol–water partition coefficient (Wildman–Crippen LogP) is 6.20. The molecule has 1 aliphatic rings. The molecule has 2 atom stereocenters. The Hall–Kier alpha value is -4.87. The normalized spacial score (nSPS) is 17.3. The van der Waals surface area contributed by atoms with E-state index in [0.717, 1.165) is 12.1 Å². The van der Waals surface area contributed by atoms with E-state index in [2.05, 4.69) is 21.5 Å². The second-order valence-electron chi connectivity index (χ2n) is 12.6. The quantitative estimate of drug-likeness (QED) is 0.271. The molecule has 12 heteroatoms. The Labute approximate surface area is 259 Å². The summed E-state index contributed by atoms with van der Waals surface area (Å²) < 4.78 is 32.3. The number of phenolic OH excluding ortho intramolecular Hbond substituents is 1. The molecule has 1 aliphatic heterocycles. The van der Waals surface area contributed by atoms with E-state index in [1.54, 1.807) is 23.2 Å². The van der Waals surface area contributed by atoms with Crippen molar-refractivity contribution in [3.63, 3.8) is 0 Å². The highest BCUT2D eigenvalue weighted by Crippen LogP contribution is 2.39. The summed E-state index contributed by atoms with van der Waals surface area (Å²) in [6.45, 7) is 15.6. The Morgan fingerprint density at radius 1 is 1.13 bits per heavy atom. The molecule has 10 nitrogen and oxygen atoms in total. The number of phenols is 1. The molecule has 1 amide bonds. The maximum atomic E-state index is 16.0. The SMILES string of the molecule is C=Cc1ccnc(C(C)C)c1-n1c(=O)nc(N2CCN(C(=O)O)C(C(C)(C)C)[C@@H]2C)c2cc(F)c(-c3c(O)cccc3F)nc21. The molecule has 236 valence electrons. The number of fused-ring (bicyclic) bond motifs is 1. The first kappa shape index (κ1) is 31.6. The minimum absolute atomic E-state index is 0.0396. The zero-order valence-corrected chi connectivity index (χ0v) is 26.0. The largest absolute Gasteiger partial charge is 0.507 e. The van der Waals surface area contributed by atoms with Crippen LogP contribution in [0.4, 0.5) is 19.4 Å². The second-order valence-corrected chi connectivity index (χ2v) is 12.6. The predicted molar refractivity (Wildman–Crippen MR) is 169 cm³/mol. The van der Waals surface area contributed by atoms with Gasteiger partial charge in [-0.3, -0.25) is 4.98 Å². The van der Waals surface area contributed by atoms with Gasteiger partial charge in [-0.05, 0) is 42.5 Å². The van der Waals surface area contributed by atoms with Crippen molar-refractivity contribution in [1.29, 1.82) is 0 Å². The number of aromatic hydroxyl groups is 1. The van der Waals surface area contributed by atoms with Crippen molar-refractivity contribution in [2.24, 2.45) is 5.41 Å². The van der Waals surface area contributed by atoms with Gasteiger partial charge in [0.25, 0.3) is 0 Å². The van der Waals surface area contributed by atoms with Crippen molar-refractivity contribution in [2.75, 3.05) is 18.0 Å². The Kier molecular flexibility index (Phi) is 8.11. The van der Waals surface area contributed by atoms with Crippen LogP contribution in [0.2, 0.25) is 0 Å². The monoisotopic (exact) mass is 618 g/mol. The standard InChI is InChI=1S/C33H36F2N6O4/c1-8-19-12-13-36-25(17(2)3)27(19)41-30-20(16-22(35)26(37-30)24-21(34)10-9-11-23(24)42)29(38-31(41)43)39-14-15-40(32(44)45)28(18(39)4)33(5,6)7/h8-13,16-18,28,42H,1,14-15H2,2-7H3,(H,44,45)/t18-,28?/m0/s1. The van der Waals surface area contributed by atoms with Gasteiger partial charge in [0, 0.05) is 30.9 Å². The van der Waals surface area contributed by atoms with E-state index in [4.69, 9.17) is 0 Å². The number of amides is 1. The van der Waals surface area contributed by atoms with Crippen LogP contribution in [-0.2, 0) is 0 Å². The van der Waals surface area contributed by atoms with Crippen LogP contribution in [0.25, 0.3) is 34.1 Å². The number of carbonyl (C=O) groups is 1. The Bertz CT molecular complexity index is 1860. The average molecular weight is 619 g/mol. The number of pyridine rings is 2. The fourth-order valence-electron chi connectivity index (χ4n) is 6.46. The molecule has 45 heavy (non-hydrogen) atoms. The molecular formula is C33H36F2N6O4. The summed E-state index contributed by atoms with van der Waals surface area (Å²) in [6, 6.07) is 5.41. The third kappa shape index (κ3) is 5.38. The molecule has 0 spiro atoms. The van der Waals surface area contributed by atoms with Gasteiger partial charge in [0.15, 0.2) is 11.5 Å². The van der Waals surface area contributed by atoms with E-state index in [1.165, 1.54) is 21.6 Å². The molecule has 0 radical (unpaired) electrons. The number of rotatable bonds is 5. The smallest absolute Gasteiger partial charge is 0.407 e. The van der Waals surface area contributed by atoms with E-state index >= 15 is 8.78 Å². The van der Waals surface area contributed by atoms with Crippen LogP contribution in [-0.4, -0.2) is 65.9 Å². The molecule has 2 N–H and O–H groups in total. The molecule has 0 saturated carbocycles. The average Bonchev–Trinajstić information content (AvgIpc) is 2.96. The number of anilines is 1. The van der Waals surface area contributed by atoms with Gasteiger partial charge in [-0.1, -0.05) is 53.3 Å². The molecule has 5 rings (SSSR count). The van der Waals surface area contributed by atoms with E-state index in [9.17, 15) is 19.8 Å². The van der Waals surface area contributed by atoms with Gasteiger partial charge in [-0.2, -0.15) is 4.98 Å². The fraction of sp³-hybridized carbons (Fsp3) is 0.364. The molecule has 1 unspecified atom stereocenters. The number of benzene rings is 1.